The van der Waals surface area contributed by atoms with Crippen molar-refractivity contribution < 1.29 is 22.4 Å². The van der Waals surface area contributed by atoms with E-state index in [9.17, 15) is 22.4 Å². The molecule has 1 N–H and O–H groups in total. The molecule has 3 aromatic rings. The Morgan fingerprint density at radius 3 is 2.10 bits per heavy atom. The van der Waals surface area contributed by atoms with Gasteiger partial charge in [-0.1, -0.05) is 61.9 Å². The molecule has 0 aliphatic carbocycles. The number of amides is 2. The molecule has 0 bridgehead atoms. The number of aryl methyl sites for hydroxylation is 1. The molecule has 0 aliphatic heterocycles. The molecule has 0 heterocycles. The number of rotatable bonds is 12. The predicted octanol–water partition coefficient (Wildman–Crippen LogP) is 4.56. The van der Waals surface area contributed by atoms with E-state index in [0.717, 1.165) is 27.6 Å². The number of benzene rings is 3. The Balaban J connectivity index is 1.95. The van der Waals surface area contributed by atoms with E-state index < -0.39 is 34.3 Å². The molecule has 9 heteroatoms. The van der Waals surface area contributed by atoms with Crippen LogP contribution >= 0.6 is 0 Å². The number of halogens is 1. The highest BCUT2D eigenvalue weighted by Gasteiger charge is 2.32. The Hall–Kier alpha value is -3.72. The largest absolute Gasteiger partial charge is 0.354 e. The van der Waals surface area contributed by atoms with E-state index in [1.54, 1.807) is 19.1 Å². The third kappa shape index (κ3) is 8.13. The van der Waals surface area contributed by atoms with Crippen molar-refractivity contribution in [2.75, 3.05) is 23.9 Å². The summed E-state index contributed by atoms with van der Waals surface area (Å²) in [6.45, 7) is 7.52. The molecule has 7 nitrogen and oxygen atoms in total. The van der Waals surface area contributed by atoms with Crippen LogP contribution in [0.25, 0.3) is 0 Å². The maximum absolute atomic E-state index is 13.8. The summed E-state index contributed by atoms with van der Waals surface area (Å²) in [5.41, 5.74) is 2.00. The molecule has 0 aromatic heterocycles. The SMILES string of the molecule is Cc1ccc(S(=O)(=O)N(CC(=O)N(CCc2ccccc2)[C@@H](C)C(=O)NCC(C)C)c2ccc(F)cc2)cc1. The minimum absolute atomic E-state index is 0.00351. The van der Waals surface area contributed by atoms with Gasteiger partial charge < -0.3 is 10.2 Å². The van der Waals surface area contributed by atoms with Crippen molar-refractivity contribution >= 4 is 27.5 Å². The zero-order chi connectivity index (χ0) is 28.6. The predicted molar refractivity (Wildman–Crippen MR) is 151 cm³/mol. The molecule has 0 fully saturated rings. The van der Waals surface area contributed by atoms with E-state index in [4.69, 9.17) is 0 Å². The Kier molecular flexibility index (Phi) is 10.2. The molecular weight excluding hydrogens is 517 g/mol. The molecule has 0 aliphatic rings. The van der Waals surface area contributed by atoms with Gasteiger partial charge in [-0.05, 0) is 68.1 Å². The second kappa shape index (κ2) is 13.4. The second-order valence-electron chi connectivity index (χ2n) is 9.94. The van der Waals surface area contributed by atoms with Crippen LogP contribution in [0.4, 0.5) is 10.1 Å². The average molecular weight is 554 g/mol. The summed E-state index contributed by atoms with van der Waals surface area (Å²) in [5, 5.41) is 2.86. The highest BCUT2D eigenvalue weighted by Crippen LogP contribution is 2.25. The molecule has 2 amide bonds. The molecule has 0 radical (unpaired) electrons. The fourth-order valence-corrected chi connectivity index (χ4v) is 5.41. The van der Waals surface area contributed by atoms with Gasteiger partial charge in [0.2, 0.25) is 11.8 Å². The molecule has 3 rings (SSSR count). The van der Waals surface area contributed by atoms with Crippen LogP contribution in [0.3, 0.4) is 0 Å². The van der Waals surface area contributed by atoms with Crippen LogP contribution in [-0.4, -0.2) is 50.8 Å². The van der Waals surface area contributed by atoms with Crippen LogP contribution in [0.1, 0.15) is 31.9 Å². The Morgan fingerprint density at radius 1 is 0.897 bits per heavy atom. The van der Waals surface area contributed by atoms with Gasteiger partial charge in [-0.15, -0.1) is 0 Å². The van der Waals surface area contributed by atoms with Crippen molar-refractivity contribution in [1.29, 1.82) is 0 Å². The highest BCUT2D eigenvalue weighted by atomic mass is 32.2. The monoisotopic (exact) mass is 553 g/mol. The molecule has 3 aromatic carbocycles. The number of carbonyl (C=O) groups excluding carboxylic acids is 2. The number of nitrogens with zero attached hydrogens (tertiary/aromatic N) is 2. The lowest BCUT2D eigenvalue weighted by Gasteiger charge is -2.32. The van der Waals surface area contributed by atoms with Gasteiger partial charge in [0.1, 0.15) is 18.4 Å². The van der Waals surface area contributed by atoms with Crippen LogP contribution in [-0.2, 0) is 26.0 Å². The van der Waals surface area contributed by atoms with Gasteiger partial charge in [-0.2, -0.15) is 0 Å². The van der Waals surface area contributed by atoms with E-state index in [-0.39, 0.29) is 29.0 Å². The van der Waals surface area contributed by atoms with Gasteiger partial charge in [0, 0.05) is 13.1 Å². The van der Waals surface area contributed by atoms with Gasteiger partial charge in [0.25, 0.3) is 10.0 Å². The van der Waals surface area contributed by atoms with E-state index in [0.29, 0.717) is 13.0 Å². The van der Waals surface area contributed by atoms with Crippen LogP contribution in [0.15, 0.2) is 83.8 Å². The van der Waals surface area contributed by atoms with Gasteiger partial charge in [-0.25, -0.2) is 12.8 Å². The summed E-state index contributed by atoms with van der Waals surface area (Å²) in [6, 6.07) is 19.9. The minimum Gasteiger partial charge on any atom is -0.354 e. The molecule has 39 heavy (non-hydrogen) atoms. The lowest BCUT2D eigenvalue weighted by atomic mass is 10.1. The summed E-state index contributed by atoms with van der Waals surface area (Å²) in [5.74, 6) is -1.17. The van der Waals surface area contributed by atoms with Gasteiger partial charge in [0.05, 0.1) is 10.6 Å². The maximum Gasteiger partial charge on any atom is 0.264 e. The van der Waals surface area contributed by atoms with Crippen LogP contribution in [0.5, 0.6) is 0 Å². The summed E-state index contributed by atoms with van der Waals surface area (Å²) in [4.78, 5) is 28.2. The fraction of sp³-hybridized carbons (Fsp3) is 0.333. The Morgan fingerprint density at radius 2 is 1.51 bits per heavy atom. The van der Waals surface area contributed by atoms with Gasteiger partial charge in [-0.3, -0.25) is 13.9 Å². The quantitative estimate of drug-likeness (QED) is 0.356. The molecule has 0 saturated carbocycles. The van der Waals surface area contributed by atoms with Gasteiger partial charge >= 0.3 is 0 Å². The molecule has 208 valence electrons. The number of carbonyl (C=O) groups is 2. The standard InChI is InChI=1S/C30H36FN3O4S/c1-22(2)20-32-30(36)24(4)33(19-18-25-8-6-5-7-9-25)29(35)21-34(27-14-12-26(31)13-15-27)39(37,38)28-16-10-23(3)11-17-28/h5-17,22,24H,18-21H2,1-4H3,(H,32,36)/t24-/m0/s1. The van der Waals surface area contributed by atoms with E-state index in [2.05, 4.69) is 5.32 Å². The summed E-state index contributed by atoms with van der Waals surface area (Å²) in [6.07, 6.45) is 0.482. The molecule has 0 unspecified atom stereocenters. The highest BCUT2D eigenvalue weighted by molar-refractivity contribution is 7.92. The smallest absolute Gasteiger partial charge is 0.264 e. The number of nitrogens with one attached hydrogen (secondary N) is 1. The number of sulfonamides is 1. The van der Waals surface area contributed by atoms with Crippen LogP contribution < -0.4 is 9.62 Å². The van der Waals surface area contributed by atoms with Crippen molar-refractivity contribution in [3.63, 3.8) is 0 Å². The molecule has 1 atom stereocenters. The summed E-state index contributed by atoms with van der Waals surface area (Å²) < 4.78 is 42.1. The molecule has 0 saturated heterocycles. The Bertz CT molecular complexity index is 1350. The first kappa shape index (κ1) is 29.8. The number of hydrogen-bond acceptors (Lipinski definition) is 4. The first-order valence-corrected chi connectivity index (χ1v) is 14.4. The average Bonchev–Trinajstić information content (AvgIpc) is 2.91. The summed E-state index contributed by atoms with van der Waals surface area (Å²) >= 11 is 0. The number of hydrogen-bond donors (Lipinski definition) is 1. The zero-order valence-corrected chi connectivity index (χ0v) is 23.6. The lowest BCUT2D eigenvalue weighted by Crippen LogP contribution is -2.52. The van der Waals surface area contributed by atoms with Crippen molar-refractivity contribution in [3.8, 4) is 0 Å². The fourth-order valence-electron chi connectivity index (χ4n) is 4.00. The molecule has 0 spiro atoms. The second-order valence-corrected chi connectivity index (χ2v) is 11.8. The van der Waals surface area contributed by atoms with Crippen molar-refractivity contribution in [1.82, 2.24) is 10.2 Å². The topological polar surface area (TPSA) is 86.8 Å². The van der Waals surface area contributed by atoms with E-state index in [1.165, 1.54) is 29.2 Å². The van der Waals surface area contributed by atoms with Crippen molar-refractivity contribution in [2.45, 2.75) is 45.1 Å². The Labute approximate surface area is 230 Å². The summed E-state index contributed by atoms with van der Waals surface area (Å²) in [7, 11) is -4.18. The lowest BCUT2D eigenvalue weighted by molar-refractivity contribution is -0.138. The van der Waals surface area contributed by atoms with E-state index in [1.807, 2.05) is 51.1 Å². The zero-order valence-electron chi connectivity index (χ0n) is 22.8. The third-order valence-electron chi connectivity index (χ3n) is 6.34. The first-order valence-electron chi connectivity index (χ1n) is 12.9. The van der Waals surface area contributed by atoms with Crippen molar-refractivity contribution in [3.05, 3.63) is 95.8 Å². The maximum atomic E-state index is 13.8. The number of anilines is 1. The molecular formula is C30H36FN3O4S. The van der Waals surface area contributed by atoms with Crippen LogP contribution in [0.2, 0.25) is 0 Å². The van der Waals surface area contributed by atoms with Crippen LogP contribution in [0, 0.1) is 18.7 Å². The third-order valence-corrected chi connectivity index (χ3v) is 8.13. The minimum atomic E-state index is -4.18. The van der Waals surface area contributed by atoms with E-state index >= 15 is 0 Å². The first-order chi connectivity index (χ1) is 18.5. The van der Waals surface area contributed by atoms with Crippen molar-refractivity contribution in [2.24, 2.45) is 5.92 Å². The van der Waals surface area contributed by atoms with Gasteiger partial charge in [0.15, 0.2) is 0 Å². The normalized spacial score (nSPS) is 12.2.